The van der Waals surface area contributed by atoms with Crippen molar-refractivity contribution in [1.29, 1.82) is 0 Å². The Hall–Kier alpha value is -2.31. The normalized spacial score (nSPS) is 17.9. The van der Waals surface area contributed by atoms with Gasteiger partial charge in [0.1, 0.15) is 5.82 Å². The van der Waals surface area contributed by atoms with Gasteiger partial charge >= 0.3 is 0 Å². The van der Waals surface area contributed by atoms with E-state index < -0.39 is 0 Å². The number of amides is 1. The summed E-state index contributed by atoms with van der Waals surface area (Å²) in [7, 11) is 0. The number of thiazole rings is 1. The molecule has 1 amide bonds. The summed E-state index contributed by atoms with van der Waals surface area (Å²) in [5.41, 5.74) is 1.99. The number of nitrogens with one attached hydrogen (secondary N) is 1. The SMILES string of the molecule is C[C@@H](NC(=O)[C@H](C)N1CCC(c2nc3ccccc3s2)CC1)c1ccc(F)cc1. The molecule has 0 saturated carbocycles. The molecule has 6 heteroatoms. The van der Waals surface area contributed by atoms with E-state index in [1.165, 1.54) is 21.8 Å². The fourth-order valence-corrected chi connectivity index (χ4v) is 5.07. The average Bonchev–Trinajstić information content (AvgIpc) is 3.18. The molecule has 2 heterocycles. The highest BCUT2D eigenvalue weighted by atomic mass is 32.1. The minimum Gasteiger partial charge on any atom is -0.348 e. The number of hydrogen-bond acceptors (Lipinski definition) is 4. The van der Waals surface area contributed by atoms with Crippen molar-refractivity contribution in [1.82, 2.24) is 15.2 Å². The molecule has 2 atom stereocenters. The third kappa shape index (κ3) is 4.49. The van der Waals surface area contributed by atoms with Gasteiger partial charge in [0.2, 0.25) is 5.91 Å². The molecule has 1 aliphatic heterocycles. The lowest BCUT2D eigenvalue weighted by atomic mass is 9.96. The van der Waals surface area contributed by atoms with Crippen LogP contribution in [0.4, 0.5) is 4.39 Å². The Kier molecular flexibility index (Phi) is 5.92. The van der Waals surface area contributed by atoms with E-state index in [-0.39, 0.29) is 23.8 Å². The summed E-state index contributed by atoms with van der Waals surface area (Å²) in [6.07, 6.45) is 2.04. The second kappa shape index (κ2) is 8.59. The molecule has 1 N–H and O–H groups in total. The molecule has 0 unspecified atom stereocenters. The lowest BCUT2D eigenvalue weighted by Gasteiger charge is -2.35. The average molecular weight is 412 g/mol. The first-order valence-corrected chi connectivity index (χ1v) is 11.0. The lowest BCUT2D eigenvalue weighted by Crippen LogP contribution is -2.48. The van der Waals surface area contributed by atoms with Crippen molar-refractivity contribution in [2.24, 2.45) is 0 Å². The van der Waals surface area contributed by atoms with Gasteiger partial charge in [-0.2, -0.15) is 0 Å². The van der Waals surface area contributed by atoms with Crippen LogP contribution in [0.5, 0.6) is 0 Å². The van der Waals surface area contributed by atoms with E-state index in [2.05, 4.69) is 28.4 Å². The van der Waals surface area contributed by atoms with Crippen molar-refractivity contribution in [3.8, 4) is 0 Å². The predicted molar refractivity (Wildman–Crippen MR) is 116 cm³/mol. The second-order valence-corrected chi connectivity index (χ2v) is 8.85. The maximum Gasteiger partial charge on any atom is 0.237 e. The van der Waals surface area contributed by atoms with Gasteiger partial charge in [0.25, 0.3) is 0 Å². The fraction of sp³-hybridized carbons (Fsp3) is 0.391. The van der Waals surface area contributed by atoms with Gasteiger partial charge in [-0.3, -0.25) is 9.69 Å². The number of benzene rings is 2. The number of piperidine rings is 1. The number of aromatic nitrogens is 1. The number of nitrogens with zero attached hydrogens (tertiary/aromatic N) is 2. The summed E-state index contributed by atoms with van der Waals surface area (Å²) in [5.74, 6) is 0.217. The third-order valence-corrected chi connectivity index (χ3v) is 7.04. The lowest BCUT2D eigenvalue weighted by molar-refractivity contribution is -0.127. The minimum absolute atomic E-state index is 0.0141. The zero-order valence-corrected chi connectivity index (χ0v) is 17.6. The van der Waals surface area contributed by atoms with E-state index in [9.17, 15) is 9.18 Å². The Bertz CT molecular complexity index is 946. The van der Waals surface area contributed by atoms with Gasteiger partial charge in [-0.05, 0) is 69.6 Å². The molecule has 3 aromatic rings. The van der Waals surface area contributed by atoms with E-state index in [0.717, 1.165) is 37.0 Å². The number of halogens is 1. The van der Waals surface area contributed by atoms with Crippen LogP contribution >= 0.6 is 11.3 Å². The quantitative estimate of drug-likeness (QED) is 0.651. The molecule has 0 spiro atoms. The van der Waals surface area contributed by atoms with Crippen LogP contribution in [-0.4, -0.2) is 34.9 Å². The van der Waals surface area contributed by atoms with Crippen LogP contribution in [0.25, 0.3) is 10.2 Å². The molecule has 2 aromatic carbocycles. The second-order valence-electron chi connectivity index (χ2n) is 7.79. The van der Waals surface area contributed by atoms with Crippen molar-refractivity contribution < 1.29 is 9.18 Å². The van der Waals surface area contributed by atoms with Crippen LogP contribution < -0.4 is 5.32 Å². The van der Waals surface area contributed by atoms with Gasteiger partial charge in [0.05, 0.1) is 27.3 Å². The molecule has 4 nitrogen and oxygen atoms in total. The summed E-state index contributed by atoms with van der Waals surface area (Å²) in [6.45, 7) is 5.67. The smallest absolute Gasteiger partial charge is 0.237 e. The molecule has 0 radical (unpaired) electrons. The molecule has 0 aliphatic carbocycles. The van der Waals surface area contributed by atoms with Gasteiger partial charge in [-0.25, -0.2) is 9.37 Å². The summed E-state index contributed by atoms with van der Waals surface area (Å²) < 4.78 is 14.3. The fourth-order valence-electron chi connectivity index (χ4n) is 3.93. The molecule has 1 aromatic heterocycles. The topological polar surface area (TPSA) is 45.2 Å². The number of carbonyl (C=O) groups is 1. The molecule has 1 saturated heterocycles. The highest BCUT2D eigenvalue weighted by molar-refractivity contribution is 7.18. The molecule has 1 aliphatic rings. The van der Waals surface area contributed by atoms with E-state index >= 15 is 0 Å². The molecule has 29 heavy (non-hydrogen) atoms. The minimum atomic E-state index is -0.267. The Labute approximate surface area is 174 Å². The monoisotopic (exact) mass is 411 g/mol. The summed E-state index contributed by atoms with van der Waals surface area (Å²) in [4.78, 5) is 19.8. The first-order chi connectivity index (χ1) is 14.0. The van der Waals surface area contributed by atoms with Crippen molar-refractivity contribution in [3.63, 3.8) is 0 Å². The van der Waals surface area contributed by atoms with Crippen LogP contribution in [0.3, 0.4) is 0 Å². The van der Waals surface area contributed by atoms with E-state index in [1.807, 2.05) is 19.9 Å². The maximum absolute atomic E-state index is 13.1. The highest BCUT2D eigenvalue weighted by Gasteiger charge is 2.29. The van der Waals surface area contributed by atoms with Gasteiger partial charge in [0.15, 0.2) is 0 Å². The van der Waals surface area contributed by atoms with Crippen molar-refractivity contribution in [3.05, 3.63) is 64.9 Å². The van der Waals surface area contributed by atoms with Crippen LogP contribution in [0.15, 0.2) is 48.5 Å². The van der Waals surface area contributed by atoms with Crippen molar-refractivity contribution >= 4 is 27.5 Å². The first kappa shape index (κ1) is 20.0. The molecule has 4 rings (SSSR count). The number of fused-ring (bicyclic) bond motifs is 1. The van der Waals surface area contributed by atoms with Crippen LogP contribution in [-0.2, 0) is 4.79 Å². The number of carbonyl (C=O) groups excluding carboxylic acids is 1. The third-order valence-electron chi connectivity index (χ3n) is 5.85. The maximum atomic E-state index is 13.1. The van der Waals surface area contributed by atoms with Gasteiger partial charge in [-0.15, -0.1) is 11.3 Å². The molecule has 1 fully saturated rings. The predicted octanol–water partition coefficient (Wildman–Crippen LogP) is 4.88. The molecule has 152 valence electrons. The molecular weight excluding hydrogens is 385 g/mol. The van der Waals surface area contributed by atoms with Gasteiger partial charge < -0.3 is 5.32 Å². The Morgan fingerprint density at radius 2 is 1.83 bits per heavy atom. The standard InChI is InChI=1S/C23H26FN3OS/c1-15(17-7-9-19(24)10-8-17)25-22(28)16(2)27-13-11-18(12-14-27)23-26-20-5-3-4-6-21(20)29-23/h3-10,15-16,18H,11-14H2,1-2H3,(H,25,28)/t15-,16+/m1/s1. The number of para-hydroxylation sites is 1. The van der Waals surface area contributed by atoms with E-state index in [0.29, 0.717) is 5.92 Å². The van der Waals surface area contributed by atoms with E-state index in [1.54, 1.807) is 23.5 Å². The van der Waals surface area contributed by atoms with Crippen molar-refractivity contribution in [2.75, 3.05) is 13.1 Å². The van der Waals surface area contributed by atoms with Gasteiger partial charge in [0, 0.05) is 5.92 Å². The van der Waals surface area contributed by atoms with Crippen LogP contribution in [0.1, 0.15) is 49.2 Å². The number of likely N-dealkylation sites (tertiary alicyclic amines) is 1. The zero-order valence-electron chi connectivity index (χ0n) is 16.8. The molecule has 0 bridgehead atoms. The summed E-state index contributed by atoms with van der Waals surface area (Å²) in [5, 5.41) is 4.28. The van der Waals surface area contributed by atoms with Gasteiger partial charge in [-0.1, -0.05) is 24.3 Å². The highest BCUT2D eigenvalue weighted by Crippen LogP contribution is 2.34. The summed E-state index contributed by atoms with van der Waals surface area (Å²) >= 11 is 1.79. The first-order valence-electron chi connectivity index (χ1n) is 10.2. The number of rotatable bonds is 5. The molecular formula is C23H26FN3OS. The Morgan fingerprint density at radius 3 is 2.52 bits per heavy atom. The summed E-state index contributed by atoms with van der Waals surface area (Å²) in [6, 6.07) is 14.2. The van der Waals surface area contributed by atoms with Crippen LogP contribution in [0, 0.1) is 5.82 Å². The Morgan fingerprint density at radius 1 is 1.14 bits per heavy atom. The van der Waals surface area contributed by atoms with E-state index in [4.69, 9.17) is 4.98 Å². The Balaban J connectivity index is 1.32. The van der Waals surface area contributed by atoms with Crippen LogP contribution in [0.2, 0.25) is 0 Å². The van der Waals surface area contributed by atoms with Crippen molar-refractivity contribution in [2.45, 2.75) is 44.7 Å². The number of hydrogen-bond donors (Lipinski definition) is 1. The largest absolute Gasteiger partial charge is 0.348 e. The zero-order chi connectivity index (χ0) is 20.4.